The highest BCUT2D eigenvalue weighted by atomic mass is 16.2. The van der Waals surface area contributed by atoms with Crippen LogP contribution >= 0.6 is 0 Å². The van der Waals surface area contributed by atoms with Crippen LogP contribution in [0.25, 0.3) is 10.9 Å². The molecule has 4 rings (SSSR count). The Morgan fingerprint density at radius 1 is 1.36 bits per heavy atom. The predicted molar refractivity (Wildman–Crippen MR) is 95.1 cm³/mol. The van der Waals surface area contributed by atoms with Gasteiger partial charge in [0.2, 0.25) is 0 Å². The number of hydrogen-bond acceptors (Lipinski definition) is 3. The lowest BCUT2D eigenvalue weighted by Crippen LogP contribution is -2.47. The van der Waals surface area contributed by atoms with E-state index in [1.807, 2.05) is 23.1 Å². The molecule has 3 heterocycles. The number of nitrogens with one attached hydrogen (secondary N) is 1. The summed E-state index contributed by atoms with van der Waals surface area (Å²) >= 11 is 0. The number of aromatic amines is 1. The first-order valence-corrected chi connectivity index (χ1v) is 8.55. The highest BCUT2D eigenvalue weighted by Crippen LogP contribution is 2.44. The number of H-pyrrole nitrogens is 1. The van der Waals surface area contributed by atoms with E-state index in [-0.39, 0.29) is 17.9 Å². The fourth-order valence-electron chi connectivity index (χ4n) is 4.28. The van der Waals surface area contributed by atoms with Gasteiger partial charge in [0, 0.05) is 29.1 Å². The molecule has 2 aliphatic rings. The lowest BCUT2D eigenvalue weighted by molar-refractivity contribution is -0.133. The predicted octanol–water partition coefficient (Wildman–Crippen LogP) is 3.20. The number of aliphatic hydroxyl groups excluding tert-OH is 1. The minimum atomic E-state index is -0.376. The van der Waals surface area contributed by atoms with Crippen LogP contribution in [-0.4, -0.2) is 33.7 Å². The fourth-order valence-corrected chi connectivity index (χ4v) is 4.28. The third-order valence-electron chi connectivity index (χ3n) is 5.51. The van der Waals surface area contributed by atoms with E-state index in [4.69, 9.17) is 0 Å². The summed E-state index contributed by atoms with van der Waals surface area (Å²) in [6.07, 6.45) is 4.76. The average molecular weight is 336 g/mol. The Hall–Kier alpha value is -2.82. The van der Waals surface area contributed by atoms with Gasteiger partial charge in [-0.2, -0.15) is 0 Å². The zero-order valence-electron chi connectivity index (χ0n) is 14.0. The SMILES string of the molecule is C/C=C(\C=O)[C@H]1C[C@@H]2c3[nH]c4ccccc4c3CCN2C(=O)/C1=C\O. The van der Waals surface area contributed by atoms with Crippen molar-refractivity contribution in [2.45, 2.75) is 25.8 Å². The molecule has 128 valence electrons. The zero-order chi connectivity index (χ0) is 17.6. The van der Waals surface area contributed by atoms with Gasteiger partial charge in [0.15, 0.2) is 0 Å². The van der Waals surface area contributed by atoms with Gasteiger partial charge < -0.3 is 15.0 Å². The first-order valence-electron chi connectivity index (χ1n) is 8.55. The monoisotopic (exact) mass is 336 g/mol. The van der Waals surface area contributed by atoms with Gasteiger partial charge >= 0.3 is 0 Å². The number of aliphatic hydroxyl groups is 1. The van der Waals surface area contributed by atoms with Gasteiger partial charge in [-0.3, -0.25) is 9.59 Å². The number of benzene rings is 1. The van der Waals surface area contributed by atoms with E-state index in [1.54, 1.807) is 13.0 Å². The maximum absolute atomic E-state index is 12.9. The van der Waals surface area contributed by atoms with Crippen molar-refractivity contribution in [1.82, 2.24) is 9.88 Å². The highest BCUT2D eigenvalue weighted by Gasteiger charge is 2.43. The number of carbonyl (C=O) groups is 2. The van der Waals surface area contributed by atoms with Crippen LogP contribution in [0.1, 0.15) is 30.6 Å². The second-order valence-corrected chi connectivity index (χ2v) is 6.61. The van der Waals surface area contributed by atoms with Crippen molar-refractivity contribution in [2.75, 3.05) is 6.54 Å². The molecule has 0 radical (unpaired) electrons. The summed E-state index contributed by atoms with van der Waals surface area (Å²) in [6, 6.07) is 8.06. The minimum absolute atomic E-state index is 0.104. The number of hydrogen-bond donors (Lipinski definition) is 2. The number of rotatable bonds is 2. The lowest BCUT2D eigenvalue weighted by atomic mass is 9.78. The van der Waals surface area contributed by atoms with Crippen molar-refractivity contribution in [3.8, 4) is 0 Å². The molecule has 0 aliphatic carbocycles. The van der Waals surface area contributed by atoms with Crippen LogP contribution in [0, 0.1) is 5.92 Å². The lowest BCUT2D eigenvalue weighted by Gasteiger charge is -2.43. The number of carbonyl (C=O) groups excluding carboxylic acids is 2. The largest absolute Gasteiger partial charge is 0.515 e. The van der Waals surface area contributed by atoms with E-state index in [0.717, 1.165) is 30.2 Å². The number of allylic oxidation sites excluding steroid dienone is 2. The van der Waals surface area contributed by atoms with Crippen molar-refractivity contribution in [1.29, 1.82) is 0 Å². The van der Waals surface area contributed by atoms with Crippen LogP contribution in [0.4, 0.5) is 0 Å². The zero-order valence-corrected chi connectivity index (χ0v) is 14.0. The molecule has 5 heteroatoms. The van der Waals surface area contributed by atoms with Crippen molar-refractivity contribution >= 4 is 23.1 Å². The van der Waals surface area contributed by atoms with Crippen molar-refractivity contribution in [2.24, 2.45) is 5.92 Å². The molecule has 2 aliphatic heterocycles. The maximum atomic E-state index is 12.9. The van der Waals surface area contributed by atoms with Crippen LogP contribution in [0.2, 0.25) is 0 Å². The third kappa shape index (κ3) is 2.22. The molecule has 25 heavy (non-hydrogen) atoms. The number of para-hydroxylation sites is 1. The highest BCUT2D eigenvalue weighted by molar-refractivity contribution is 5.98. The summed E-state index contributed by atoms with van der Waals surface area (Å²) in [5.74, 6) is -0.562. The first kappa shape index (κ1) is 15.7. The minimum Gasteiger partial charge on any atom is -0.515 e. The Morgan fingerprint density at radius 3 is 2.88 bits per heavy atom. The number of fused-ring (bicyclic) bond motifs is 5. The summed E-state index contributed by atoms with van der Waals surface area (Å²) in [5.41, 5.74) is 4.23. The molecule has 1 aromatic heterocycles. The average Bonchev–Trinajstić information content (AvgIpc) is 3.02. The molecule has 1 fully saturated rings. The summed E-state index contributed by atoms with van der Waals surface area (Å²) in [6.45, 7) is 2.40. The molecule has 2 atom stereocenters. The molecule has 2 aromatic rings. The third-order valence-corrected chi connectivity index (χ3v) is 5.51. The van der Waals surface area contributed by atoms with Gasteiger partial charge in [0.05, 0.1) is 17.9 Å². The number of aldehydes is 1. The molecule has 1 aromatic carbocycles. The van der Waals surface area contributed by atoms with Gasteiger partial charge in [0.1, 0.15) is 6.29 Å². The molecule has 2 N–H and O–H groups in total. The Kier molecular flexibility index (Phi) is 3.71. The van der Waals surface area contributed by atoms with Crippen LogP contribution in [0.3, 0.4) is 0 Å². The Bertz CT molecular complexity index is 922. The number of piperidine rings is 1. The Labute approximate surface area is 145 Å². The summed E-state index contributed by atoms with van der Waals surface area (Å²) in [7, 11) is 0. The second kappa shape index (κ2) is 5.92. The molecule has 0 spiro atoms. The molecule has 1 amide bonds. The van der Waals surface area contributed by atoms with Gasteiger partial charge in [-0.25, -0.2) is 0 Å². The first-order chi connectivity index (χ1) is 12.2. The fraction of sp³-hybridized carbons (Fsp3) is 0.300. The number of amides is 1. The van der Waals surface area contributed by atoms with Crippen LogP contribution in [-0.2, 0) is 16.0 Å². The summed E-state index contributed by atoms with van der Waals surface area (Å²) in [4.78, 5) is 29.6. The molecule has 0 unspecified atom stereocenters. The van der Waals surface area contributed by atoms with E-state index in [0.29, 0.717) is 24.1 Å². The van der Waals surface area contributed by atoms with Crippen molar-refractivity contribution in [3.63, 3.8) is 0 Å². The van der Waals surface area contributed by atoms with Crippen LogP contribution in [0.5, 0.6) is 0 Å². The van der Waals surface area contributed by atoms with E-state index >= 15 is 0 Å². The second-order valence-electron chi connectivity index (χ2n) is 6.61. The molecule has 0 bridgehead atoms. The van der Waals surface area contributed by atoms with Gasteiger partial charge in [-0.05, 0) is 37.0 Å². The van der Waals surface area contributed by atoms with Crippen molar-refractivity contribution in [3.05, 3.63) is 59.0 Å². The molecular formula is C20H20N2O3. The van der Waals surface area contributed by atoms with Crippen LogP contribution in [0.15, 0.2) is 47.7 Å². The topological polar surface area (TPSA) is 73.4 Å². The smallest absolute Gasteiger partial charge is 0.254 e. The standard InChI is InChI=1S/C20H20N2O3/c1-2-12(10-23)15-9-18-19-14(13-5-3-4-6-17(13)21-19)7-8-22(18)20(25)16(15)11-24/h2-6,10-11,15,18,21,24H,7-9H2,1H3/b12-2+,16-11-/t15-,18-/m1/s1. The Morgan fingerprint density at radius 2 is 2.16 bits per heavy atom. The van der Waals surface area contributed by atoms with Crippen molar-refractivity contribution < 1.29 is 14.7 Å². The molecule has 0 saturated carbocycles. The van der Waals surface area contributed by atoms with E-state index in [9.17, 15) is 14.7 Å². The number of nitrogens with zero attached hydrogens (tertiary/aromatic N) is 1. The normalized spacial score (nSPS) is 25.2. The molecule has 1 saturated heterocycles. The van der Waals surface area contributed by atoms with Gasteiger partial charge in [-0.15, -0.1) is 0 Å². The van der Waals surface area contributed by atoms with Crippen LogP contribution < -0.4 is 0 Å². The Balaban J connectivity index is 1.83. The van der Waals surface area contributed by atoms with E-state index < -0.39 is 0 Å². The maximum Gasteiger partial charge on any atom is 0.254 e. The van der Waals surface area contributed by atoms with E-state index in [1.165, 1.54) is 10.9 Å². The van der Waals surface area contributed by atoms with E-state index in [2.05, 4.69) is 11.1 Å². The number of aromatic nitrogens is 1. The summed E-state index contributed by atoms with van der Waals surface area (Å²) in [5, 5.41) is 10.8. The molecular weight excluding hydrogens is 316 g/mol. The van der Waals surface area contributed by atoms with Gasteiger partial charge in [-0.1, -0.05) is 24.3 Å². The quantitative estimate of drug-likeness (QED) is 0.502. The van der Waals surface area contributed by atoms with Gasteiger partial charge in [0.25, 0.3) is 5.91 Å². The summed E-state index contributed by atoms with van der Waals surface area (Å²) < 4.78 is 0. The molecule has 5 nitrogen and oxygen atoms in total.